The van der Waals surface area contributed by atoms with E-state index in [1.165, 1.54) is 0 Å². The third-order valence-electron chi connectivity index (χ3n) is 2.41. The maximum absolute atomic E-state index is 11.0. The number of nitrogens with one attached hydrogen (secondary N) is 1. The molecule has 0 aromatic carbocycles. The van der Waals surface area contributed by atoms with Crippen molar-refractivity contribution in [2.24, 2.45) is 0 Å². The summed E-state index contributed by atoms with van der Waals surface area (Å²) in [5, 5.41) is 12.1. The summed E-state index contributed by atoms with van der Waals surface area (Å²) in [5.41, 5.74) is 0.914. The van der Waals surface area contributed by atoms with Gasteiger partial charge in [-0.15, -0.1) is 0 Å². The molecule has 0 saturated carbocycles. The third kappa shape index (κ3) is 3.34. The molecule has 0 amide bonds. The van der Waals surface area contributed by atoms with Gasteiger partial charge in [0, 0.05) is 12.7 Å². The number of rotatable bonds is 6. The van der Waals surface area contributed by atoms with E-state index in [9.17, 15) is 4.79 Å². The molecule has 90 valence electrons. The van der Waals surface area contributed by atoms with Crippen LogP contribution >= 0.6 is 0 Å². The van der Waals surface area contributed by atoms with Crippen molar-refractivity contribution in [3.05, 3.63) is 17.7 Å². The van der Waals surface area contributed by atoms with Gasteiger partial charge < -0.3 is 15.0 Å². The zero-order valence-electron chi connectivity index (χ0n) is 10.0. The van der Waals surface area contributed by atoms with E-state index < -0.39 is 12.0 Å². The van der Waals surface area contributed by atoms with Crippen molar-refractivity contribution in [2.75, 3.05) is 6.54 Å². The molecule has 0 spiro atoms. The molecule has 0 bridgehead atoms. The molecule has 0 aliphatic heterocycles. The number of nitrogens with zero attached hydrogens (tertiary/aromatic N) is 2. The van der Waals surface area contributed by atoms with Crippen LogP contribution in [0.25, 0.3) is 0 Å². The highest BCUT2D eigenvalue weighted by Crippen LogP contribution is 2.03. The van der Waals surface area contributed by atoms with Crippen LogP contribution < -0.4 is 5.32 Å². The second-order valence-corrected chi connectivity index (χ2v) is 3.93. The van der Waals surface area contributed by atoms with Crippen molar-refractivity contribution in [1.29, 1.82) is 0 Å². The fourth-order valence-corrected chi connectivity index (χ4v) is 1.60. The Bertz CT molecular complexity index is 360. The Balaban J connectivity index is 2.67. The van der Waals surface area contributed by atoms with E-state index in [1.54, 1.807) is 0 Å². The lowest BCUT2D eigenvalue weighted by Crippen LogP contribution is -2.40. The van der Waals surface area contributed by atoms with Crippen molar-refractivity contribution in [2.45, 2.75) is 39.8 Å². The van der Waals surface area contributed by atoms with E-state index in [0.717, 1.165) is 17.9 Å². The molecule has 5 nitrogen and oxygen atoms in total. The summed E-state index contributed by atoms with van der Waals surface area (Å²) < 4.78 is 1.87. The van der Waals surface area contributed by atoms with Gasteiger partial charge in [-0.2, -0.15) is 0 Å². The highest BCUT2D eigenvalue weighted by molar-refractivity contribution is 5.73. The monoisotopic (exact) mass is 225 g/mol. The van der Waals surface area contributed by atoms with Gasteiger partial charge in [0.2, 0.25) is 0 Å². The maximum atomic E-state index is 11.0. The quantitative estimate of drug-likeness (QED) is 0.756. The van der Waals surface area contributed by atoms with Crippen LogP contribution in [0.4, 0.5) is 0 Å². The van der Waals surface area contributed by atoms with Gasteiger partial charge >= 0.3 is 5.97 Å². The Morgan fingerprint density at radius 3 is 2.75 bits per heavy atom. The van der Waals surface area contributed by atoms with Gasteiger partial charge in [0.15, 0.2) is 0 Å². The molecule has 1 aromatic rings. The Morgan fingerprint density at radius 2 is 2.31 bits per heavy atom. The minimum Gasteiger partial charge on any atom is -0.480 e. The van der Waals surface area contributed by atoms with E-state index in [2.05, 4.69) is 10.3 Å². The van der Waals surface area contributed by atoms with Crippen LogP contribution in [0.2, 0.25) is 0 Å². The SMILES string of the molecule is CCCNC(Cn1cc(C)nc1C)C(=O)O. The summed E-state index contributed by atoms with van der Waals surface area (Å²) in [7, 11) is 0. The number of imidazole rings is 1. The van der Waals surface area contributed by atoms with Crippen molar-refractivity contribution in [3.8, 4) is 0 Å². The summed E-state index contributed by atoms with van der Waals surface area (Å²) in [4.78, 5) is 15.3. The van der Waals surface area contributed by atoms with Crippen LogP contribution in [0.1, 0.15) is 24.9 Å². The minimum absolute atomic E-state index is 0.419. The van der Waals surface area contributed by atoms with Gasteiger partial charge in [-0.25, -0.2) is 4.98 Å². The number of hydrogen-bond acceptors (Lipinski definition) is 3. The largest absolute Gasteiger partial charge is 0.480 e. The predicted molar refractivity (Wildman–Crippen MR) is 61.4 cm³/mol. The highest BCUT2D eigenvalue weighted by Gasteiger charge is 2.17. The number of hydrogen-bond donors (Lipinski definition) is 2. The summed E-state index contributed by atoms with van der Waals surface area (Å²) in [6, 6.07) is -0.549. The molecule has 16 heavy (non-hydrogen) atoms. The molecular weight excluding hydrogens is 206 g/mol. The number of aromatic nitrogens is 2. The smallest absolute Gasteiger partial charge is 0.322 e. The van der Waals surface area contributed by atoms with Gasteiger partial charge in [0.25, 0.3) is 0 Å². The summed E-state index contributed by atoms with van der Waals surface area (Å²) in [5.74, 6) is 0.0289. The molecular formula is C11H19N3O2. The lowest BCUT2D eigenvalue weighted by atomic mass is 10.2. The first-order valence-corrected chi connectivity index (χ1v) is 5.51. The molecule has 0 saturated heterocycles. The van der Waals surface area contributed by atoms with Gasteiger partial charge in [0.1, 0.15) is 11.9 Å². The highest BCUT2D eigenvalue weighted by atomic mass is 16.4. The predicted octanol–water partition coefficient (Wildman–Crippen LogP) is 0.953. The maximum Gasteiger partial charge on any atom is 0.322 e. The van der Waals surface area contributed by atoms with Crippen LogP contribution in [0.5, 0.6) is 0 Å². The first-order chi connectivity index (χ1) is 7.54. The molecule has 1 rings (SSSR count). The van der Waals surface area contributed by atoms with Crippen LogP contribution in [0.3, 0.4) is 0 Å². The average Bonchev–Trinajstić information content (AvgIpc) is 2.51. The second kappa shape index (κ2) is 5.65. The molecule has 1 unspecified atom stereocenters. The lowest BCUT2D eigenvalue weighted by Gasteiger charge is -2.15. The zero-order chi connectivity index (χ0) is 12.1. The van der Waals surface area contributed by atoms with Gasteiger partial charge in [0.05, 0.1) is 5.69 Å². The second-order valence-electron chi connectivity index (χ2n) is 3.93. The number of carbonyl (C=O) groups is 1. The van der Waals surface area contributed by atoms with E-state index in [0.29, 0.717) is 13.1 Å². The molecule has 1 heterocycles. The Morgan fingerprint density at radius 1 is 1.62 bits per heavy atom. The zero-order valence-corrected chi connectivity index (χ0v) is 10.0. The standard InChI is InChI=1S/C11H19N3O2/c1-4-5-12-10(11(15)16)7-14-6-8(2)13-9(14)3/h6,10,12H,4-5,7H2,1-3H3,(H,15,16). The van der Waals surface area contributed by atoms with Crippen LogP contribution in [-0.2, 0) is 11.3 Å². The van der Waals surface area contributed by atoms with Gasteiger partial charge in [-0.05, 0) is 26.8 Å². The third-order valence-corrected chi connectivity index (χ3v) is 2.41. The minimum atomic E-state index is -0.820. The van der Waals surface area contributed by atoms with Crippen molar-refractivity contribution >= 4 is 5.97 Å². The Kier molecular flexibility index (Phi) is 4.49. The van der Waals surface area contributed by atoms with E-state index >= 15 is 0 Å². The van der Waals surface area contributed by atoms with Crippen molar-refractivity contribution in [3.63, 3.8) is 0 Å². The molecule has 1 atom stereocenters. The topological polar surface area (TPSA) is 67.2 Å². The van der Waals surface area contributed by atoms with Crippen molar-refractivity contribution in [1.82, 2.24) is 14.9 Å². The molecule has 0 fully saturated rings. The fraction of sp³-hybridized carbons (Fsp3) is 0.636. The molecule has 0 radical (unpaired) electrons. The van der Waals surface area contributed by atoms with Gasteiger partial charge in [-0.3, -0.25) is 4.79 Å². The molecule has 0 aliphatic rings. The fourth-order valence-electron chi connectivity index (χ4n) is 1.60. The molecule has 2 N–H and O–H groups in total. The first-order valence-electron chi connectivity index (χ1n) is 5.51. The Hall–Kier alpha value is -1.36. The van der Waals surface area contributed by atoms with Gasteiger partial charge in [-0.1, -0.05) is 6.92 Å². The van der Waals surface area contributed by atoms with E-state index in [-0.39, 0.29) is 0 Å². The number of carboxylic acid groups (broad SMARTS) is 1. The molecule has 0 aliphatic carbocycles. The normalized spacial score (nSPS) is 12.7. The molecule has 1 aromatic heterocycles. The van der Waals surface area contributed by atoms with Crippen molar-refractivity contribution < 1.29 is 9.90 Å². The average molecular weight is 225 g/mol. The number of aliphatic carboxylic acids is 1. The Labute approximate surface area is 95.5 Å². The summed E-state index contributed by atoms with van der Waals surface area (Å²) in [6.07, 6.45) is 2.80. The van der Waals surface area contributed by atoms with Crippen LogP contribution in [0.15, 0.2) is 6.20 Å². The lowest BCUT2D eigenvalue weighted by molar-refractivity contribution is -0.139. The number of aryl methyl sites for hydroxylation is 2. The molecule has 5 heteroatoms. The van der Waals surface area contributed by atoms with E-state index in [4.69, 9.17) is 5.11 Å². The van der Waals surface area contributed by atoms with E-state index in [1.807, 2.05) is 31.5 Å². The number of carboxylic acids is 1. The summed E-state index contributed by atoms with van der Waals surface area (Å²) >= 11 is 0. The summed E-state index contributed by atoms with van der Waals surface area (Å²) in [6.45, 7) is 6.93. The van der Waals surface area contributed by atoms with Crippen LogP contribution in [0, 0.1) is 13.8 Å². The first kappa shape index (κ1) is 12.7. The van der Waals surface area contributed by atoms with Crippen LogP contribution in [-0.4, -0.2) is 33.2 Å².